The first-order chi connectivity index (χ1) is 5.57. The molecule has 0 aliphatic heterocycles. The van der Waals surface area contributed by atoms with Crippen LogP contribution in [0.4, 0.5) is 0 Å². The Morgan fingerprint density at radius 1 is 1.62 bits per heavy atom. The lowest BCUT2D eigenvalue weighted by atomic mass is 10.7. The molecule has 0 saturated heterocycles. The van der Waals surface area contributed by atoms with Crippen LogP contribution in [0, 0.1) is 0 Å². The van der Waals surface area contributed by atoms with E-state index in [-0.39, 0.29) is 12.4 Å². The molecule has 1 heterocycles. The molecule has 0 fully saturated rings. The third-order valence-electron chi connectivity index (χ3n) is 0.925. The van der Waals surface area contributed by atoms with E-state index in [0.717, 1.165) is 5.82 Å². The molecule has 78 valence electrons. The summed E-state index contributed by atoms with van der Waals surface area (Å²) in [6, 6.07) is 0. The summed E-state index contributed by atoms with van der Waals surface area (Å²) in [5.41, 5.74) is 0. The van der Waals surface area contributed by atoms with Gasteiger partial charge in [-0.1, -0.05) is 0 Å². The Balaban J connectivity index is 0. The van der Waals surface area contributed by atoms with Gasteiger partial charge in [0, 0.05) is 28.4 Å². The van der Waals surface area contributed by atoms with Gasteiger partial charge in [-0.25, -0.2) is 9.19 Å². The zero-order valence-electron chi connectivity index (χ0n) is 6.48. The summed E-state index contributed by atoms with van der Waals surface area (Å²) in [6.45, 7) is 0. The number of nitrogens with zero attached hydrogens (tertiary/aromatic N) is 3. The van der Waals surface area contributed by atoms with Crippen LogP contribution in [0.15, 0.2) is 6.33 Å². The SMILES string of the molecule is Cl.Cn1ncnc1CCl.O=S(Cl)Cl. The molecule has 1 rings (SSSR count). The van der Waals surface area contributed by atoms with E-state index in [2.05, 4.69) is 31.4 Å². The van der Waals surface area contributed by atoms with Crippen molar-refractivity contribution in [1.29, 1.82) is 0 Å². The fourth-order valence-corrected chi connectivity index (χ4v) is 0.683. The van der Waals surface area contributed by atoms with Gasteiger partial charge >= 0.3 is 0 Å². The van der Waals surface area contributed by atoms with E-state index in [9.17, 15) is 0 Å². The van der Waals surface area contributed by atoms with Crippen molar-refractivity contribution in [1.82, 2.24) is 14.8 Å². The van der Waals surface area contributed by atoms with Crippen molar-refractivity contribution in [3.63, 3.8) is 0 Å². The van der Waals surface area contributed by atoms with Crippen molar-refractivity contribution in [3.8, 4) is 0 Å². The Bertz CT molecular complexity index is 251. The quantitative estimate of drug-likeness (QED) is 0.586. The van der Waals surface area contributed by atoms with Crippen molar-refractivity contribution < 1.29 is 4.21 Å². The summed E-state index contributed by atoms with van der Waals surface area (Å²) in [4.78, 5) is 3.85. The molecule has 0 aliphatic rings. The van der Waals surface area contributed by atoms with Crippen LogP contribution in [0.25, 0.3) is 0 Å². The number of hydrogen-bond acceptors (Lipinski definition) is 3. The second kappa shape index (κ2) is 9.02. The Morgan fingerprint density at radius 2 is 2.08 bits per heavy atom. The van der Waals surface area contributed by atoms with Gasteiger partial charge in [-0.2, -0.15) is 5.10 Å². The van der Waals surface area contributed by atoms with Gasteiger partial charge < -0.3 is 0 Å². The minimum absolute atomic E-state index is 0. The summed E-state index contributed by atoms with van der Waals surface area (Å²) < 4.78 is 10.7. The number of rotatable bonds is 1. The number of aromatic nitrogens is 3. The Labute approximate surface area is 98.4 Å². The van der Waals surface area contributed by atoms with Gasteiger partial charge in [0.15, 0.2) is 0 Å². The van der Waals surface area contributed by atoms with Gasteiger partial charge in [0.2, 0.25) is 9.23 Å². The van der Waals surface area contributed by atoms with Crippen LogP contribution in [-0.2, 0) is 22.2 Å². The normalized spacial score (nSPS) is 8.69. The van der Waals surface area contributed by atoms with E-state index >= 15 is 0 Å². The highest BCUT2D eigenvalue weighted by Crippen LogP contribution is 1.93. The average Bonchev–Trinajstić information content (AvgIpc) is 2.33. The lowest BCUT2D eigenvalue weighted by molar-refractivity contribution is 0.698. The molecule has 0 amide bonds. The number of halogens is 4. The summed E-state index contributed by atoms with van der Waals surface area (Å²) in [5.74, 6) is 1.22. The molecule has 1 aromatic rings. The van der Waals surface area contributed by atoms with E-state index in [4.69, 9.17) is 15.8 Å². The molecule has 4 nitrogen and oxygen atoms in total. The zero-order chi connectivity index (χ0) is 9.56. The summed E-state index contributed by atoms with van der Waals surface area (Å²) >= 11 is 5.45. The average molecular weight is 287 g/mol. The highest BCUT2D eigenvalue weighted by atomic mass is 36.0. The van der Waals surface area contributed by atoms with E-state index < -0.39 is 9.23 Å². The molecule has 13 heavy (non-hydrogen) atoms. The highest BCUT2D eigenvalue weighted by molar-refractivity contribution is 8.26. The molecule has 0 aliphatic carbocycles. The van der Waals surface area contributed by atoms with E-state index in [1.165, 1.54) is 6.33 Å². The molecule has 1 aromatic heterocycles. The van der Waals surface area contributed by atoms with Crippen LogP contribution in [0.1, 0.15) is 5.82 Å². The largest absolute Gasteiger partial charge is 0.252 e. The third kappa shape index (κ3) is 8.77. The van der Waals surface area contributed by atoms with E-state index in [0.29, 0.717) is 5.88 Å². The van der Waals surface area contributed by atoms with Crippen LogP contribution in [0.5, 0.6) is 0 Å². The molecule has 0 aromatic carbocycles. The van der Waals surface area contributed by atoms with Crippen molar-refractivity contribution >= 4 is 54.6 Å². The van der Waals surface area contributed by atoms with Crippen LogP contribution < -0.4 is 0 Å². The molecule has 0 unspecified atom stereocenters. The summed E-state index contributed by atoms with van der Waals surface area (Å²) in [6.07, 6.45) is 1.48. The van der Waals surface area contributed by atoms with Crippen LogP contribution in [0.3, 0.4) is 0 Å². The van der Waals surface area contributed by atoms with Gasteiger partial charge in [-0.3, -0.25) is 4.68 Å². The Morgan fingerprint density at radius 3 is 2.23 bits per heavy atom. The molecule has 0 bridgehead atoms. The first-order valence-electron chi connectivity index (χ1n) is 2.71. The molecular formula is C4H7Cl4N3OS. The predicted molar refractivity (Wildman–Crippen MR) is 57.7 cm³/mol. The maximum Gasteiger partial charge on any atom is 0.211 e. The van der Waals surface area contributed by atoms with Gasteiger partial charge in [0.1, 0.15) is 12.2 Å². The molecule has 0 radical (unpaired) electrons. The van der Waals surface area contributed by atoms with Crippen LogP contribution in [-0.4, -0.2) is 19.0 Å². The zero-order valence-corrected chi connectivity index (χ0v) is 10.4. The van der Waals surface area contributed by atoms with Gasteiger partial charge in [-0.05, 0) is 0 Å². The summed E-state index contributed by atoms with van der Waals surface area (Å²) in [5, 5.41) is 3.81. The van der Waals surface area contributed by atoms with Crippen molar-refractivity contribution in [2.24, 2.45) is 7.05 Å². The maximum atomic E-state index is 9.09. The molecular weight excluding hydrogens is 280 g/mol. The lowest BCUT2D eigenvalue weighted by Gasteiger charge is -1.89. The Kier molecular flexibility index (Phi) is 11.0. The van der Waals surface area contributed by atoms with Gasteiger partial charge in [-0.15, -0.1) is 24.0 Å². The monoisotopic (exact) mass is 285 g/mol. The first-order valence-corrected chi connectivity index (χ1v) is 6.04. The molecule has 9 heteroatoms. The van der Waals surface area contributed by atoms with E-state index in [1.807, 2.05) is 7.05 Å². The standard InChI is InChI=1S/C4H6ClN3.Cl2OS.ClH/c1-8-4(2-5)6-3-7-8;1-4(2)3;/h3H,2H2,1H3;;1H. The second-order valence-electron chi connectivity index (χ2n) is 1.62. The number of aryl methyl sites for hydroxylation is 1. The fraction of sp³-hybridized carbons (Fsp3) is 0.500. The third-order valence-corrected chi connectivity index (χ3v) is 1.16. The first kappa shape index (κ1) is 15.9. The minimum atomic E-state index is -1.67. The molecule has 0 N–H and O–H groups in total. The fourth-order valence-electron chi connectivity index (χ4n) is 0.441. The maximum absolute atomic E-state index is 9.09. The number of hydrogen-bond donors (Lipinski definition) is 0. The molecule has 0 atom stereocenters. The van der Waals surface area contributed by atoms with Crippen molar-refractivity contribution in [3.05, 3.63) is 12.2 Å². The Hall–Kier alpha value is 0.450. The van der Waals surface area contributed by atoms with Crippen molar-refractivity contribution in [2.75, 3.05) is 0 Å². The second-order valence-corrected chi connectivity index (χ2v) is 4.41. The lowest BCUT2D eigenvalue weighted by Crippen LogP contribution is -1.95. The predicted octanol–water partition coefficient (Wildman–Crippen LogP) is 2.02. The minimum Gasteiger partial charge on any atom is -0.252 e. The van der Waals surface area contributed by atoms with Crippen molar-refractivity contribution in [2.45, 2.75) is 5.88 Å². The van der Waals surface area contributed by atoms with E-state index in [1.54, 1.807) is 4.68 Å². The van der Waals surface area contributed by atoms with Crippen LogP contribution in [0.2, 0.25) is 0 Å². The van der Waals surface area contributed by atoms with Crippen LogP contribution >= 0.6 is 45.4 Å². The topological polar surface area (TPSA) is 47.8 Å². The summed E-state index contributed by atoms with van der Waals surface area (Å²) in [7, 11) is 9.17. The molecule has 0 saturated carbocycles. The molecule has 0 spiro atoms. The number of alkyl halides is 1. The smallest absolute Gasteiger partial charge is 0.211 e. The highest BCUT2D eigenvalue weighted by Gasteiger charge is 1.93. The van der Waals surface area contributed by atoms with Gasteiger partial charge in [0.05, 0.1) is 5.88 Å². The van der Waals surface area contributed by atoms with Gasteiger partial charge in [0.25, 0.3) is 0 Å².